The second kappa shape index (κ2) is 10.6. The second-order valence-electron chi connectivity index (χ2n) is 5.42. The Morgan fingerprint density at radius 2 is 1.80 bits per heavy atom. The van der Waals surface area contributed by atoms with E-state index in [0.29, 0.717) is 36.7 Å². The average molecular weight is 365 g/mol. The molecule has 0 aliphatic carbocycles. The van der Waals surface area contributed by atoms with Gasteiger partial charge in [0.15, 0.2) is 0 Å². The van der Waals surface area contributed by atoms with Crippen molar-refractivity contribution in [1.29, 1.82) is 0 Å². The SMILES string of the molecule is COc1ccc(C(=O)N(CCCN)Cc2ccccc2)c(OC)c1.Cl. The van der Waals surface area contributed by atoms with Crippen molar-refractivity contribution in [3.05, 3.63) is 59.7 Å². The number of nitrogens with two attached hydrogens (primary N) is 1. The lowest BCUT2D eigenvalue weighted by Gasteiger charge is -2.24. The first kappa shape index (κ1) is 20.8. The van der Waals surface area contributed by atoms with Crippen molar-refractivity contribution >= 4 is 18.3 Å². The highest BCUT2D eigenvalue weighted by Gasteiger charge is 2.20. The van der Waals surface area contributed by atoms with Gasteiger partial charge in [-0.2, -0.15) is 0 Å². The number of benzene rings is 2. The zero-order valence-corrected chi connectivity index (χ0v) is 15.4. The zero-order chi connectivity index (χ0) is 17.4. The summed E-state index contributed by atoms with van der Waals surface area (Å²) in [5.41, 5.74) is 7.22. The minimum absolute atomic E-state index is 0. The average Bonchev–Trinajstić information content (AvgIpc) is 2.64. The van der Waals surface area contributed by atoms with Crippen LogP contribution in [-0.4, -0.2) is 38.1 Å². The van der Waals surface area contributed by atoms with Gasteiger partial charge < -0.3 is 20.1 Å². The van der Waals surface area contributed by atoms with Gasteiger partial charge in [0.25, 0.3) is 5.91 Å². The molecule has 136 valence electrons. The van der Waals surface area contributed by atoms with E-state index in [9.17, 15) is 4.79 Å². The van der Waals surface area contributed by atoms with E-state index in [4.69, 9.17) is 15.2 Å². The number of rotatable bonds is 8. The number of carbonyl (C=O) groups excluding carboxylic acids is 1. The summed E-state index contributed by atoms with van der Waals surface area (Å²) in [5.74, 6) is 1.08. The Bertz CT molecular complexity index is 665. The topological polar surface area (TPSA) is 64.8 Å². The highest BCUT2D eigenvalue weighted by Crippen LogP contribution is 2.26. The van der Waals surface area contributed by atoms with Crippen LogP contribution in [0.4, 0.5) is 0 Å². The van der Waals surface area contributed by atoms with Crippen molar-refractivity contribution in [3.63, 3.8) is 0 Å². The summed E-state index contributed by atoms with van der Waals surface area (Å²) in [6, 6.07) is 15.1. The molecule has 25 heavy (non-hydrogen) atoms. The highest BCUT2D eigenvalue weighted by atomic mass is 35.5. The van der Waals surface area contributed by atoms with E-state index in [1.54, 1.807) is 37.3 Å². The third kappa shape index (κ3) is 5.66. The summed E-state index contributed by atoms with van der Waals surface area (Å²) in [6.07, 6.45) is 0.747. The Morgan fingerprint density at radius 1 is 1.08 bits per heavy atom. The molecule has 0 aliphatic rings. The van der Waals surface area contributed by atoms with E-state index in [-0.39, 0.29) is 18.3 Å². The molecular weight excluding hydrogens is 340 g/mol. The van der Waals surface area contributed by atoms with Gasteiger partial charge in [-0.25, -0.2) is 0 Å². The van der Waals surface area contributed by atoms with Crippen molar-refractivity contribution in [2.75, 3.05) is 27.3 Å². The molecular formula is C19H25ClN2O3. The van der Waals surface area contributed by atoms with Gasteiger partial charge in [0, 0.05) is 19.2 Å². The fourth-order valence-electron chi connectivity index (χ4n) is 2.48. The van der Waals surface area contributed by atoms with Crippen molar-refractivity contribution < 1.29 is 14.3 Å². The monoisotopic (exact) mass is 364 g/mol. The Kier molecular flexibility index (Phi) is 8.81. The largest absolute Gasteiger partial charge is 0.497 e. The number of hydrogen-bond acceptors (Lipinski definition) is 4. The molecule has 0 saturated heterocycles. The second-order valence-corrected chi connectivity index (χ2v) is 5.42. The fraction of sp³-hybridized carbons (Fsp3) is 0.316. The molecule has 0 fully saturated rings. The molecule has 0 atom stereocenters. The smallest absolute Gasteiger partial charge is 0.257 e. The minimum atomic E-state index is -0.0770. The number of nitrogens with zero attached hydrogens (tertiary/aromatic N) is 1. The van der Waals surface area contributed by atoms with E-state index < -0.39 is 0 Å². The van der Waals surface area contributed by atoms with E-state index in [1.165, 1.54) is 0 Å². The highest BCUT2D eigenvalue weighted by molar-refractivity contribution is 5.97. The number of carbonyl (C=O) groups is 1. The third-order valence-corrected chi connectivity index (χ3v) is 3.77. The molecule has 0 heterocycles. The Morgan fingerprint density at radius 3 is 2.40 bits per heavy atom. The van der Waals surface area contributed by atoms with Crippen LogP contribution < -0.4 is 15.2 Å². The van der Waals surface area contributed by atoms with Crippen molar-refractivity contribution in [1.82, 2.24) is 4.90 Å². The van der Waals surface area contributed by atoms with Crippen molar-refractivity contribution in [2.45, 2.75) is 13.0 Å². The number of methoxy groups -OCH3 is 2. The van der Waals surface area contributed by atoms with E-state index in [0.717, 1.165) is 12.0 Å². The standard InChI is InChI=1S/C19H24N2O3.ClH/c1-23-16-9-10-17(18(13-16)24-2)19(22)21(12-6-11-20)14-15-7-4-3-5-8-15;/h3-5,7-10,13H,6,11-12,14,20H2,1-2H3;1H. The number of ether oxygens (including phenoxy) is 2. The van der Waals surface area contributed by atoms with E-state index in [1.807, 2.05) is 30.3 Å². The maximum atomic E-state index is 13.0. The molecule has 0 spiro atoms. The van der Waals surface area contributed by atoms with Crippen LogP contribution in [0.5, 0.6) is 11.5 Å². The molecule has 0 radical (unpaired) electrons. The van der Waals surface area contributed by atoms with E-state index in [2.05, 4.69) is 0 Å². The molecule has 0 unspecified atom stereocenters. The number of halogens is 1. The molecule has 0 aliphatic heterocycles. The minimum Gasteiger partial charge on any atom is -0.497 e. The van der Waals surface area contributed by atoms with Gasteiger partial charge >= 0.3 is 0 Å². The lowest BCUT2D eigenvalue weighted by Crippen LogP contribution is -2.32. The summed E-state index contributed by atoms with van der Waals surface area (Å²) in [7, 11) is 3.13. The summed E-state index contributed by atoms with van der Waals surface area (Å²) in [5, 5.41) is 0. The van der Waals surface area contributed by atoms with Gasteiger partial charge in [-0.3, -0.25) is 4.79 Å². The van der Waals surface area contributed by atoms with Gasteiger partial charge in [0.2, 0.25) is 0 Å². The molecule has 5 nitrogen and oxygen atoms in total. The van der Waals surface area contributed by atoms with Crippen molar-refractivity contribution in [2.24, 2.45) is 5.73 Å². The normalized spacial score (nSPS) is 9.88. The van der Waals surface area contributed by atoms with Crippen LogP contribution in [0.25, 0.3) is 0 Å². The fourth-order valence-corrected chi connectivity index (χ4v) is 2.48. The molecule has 0 saturated carbocycles. The van der Waals surface area contributed by atoms with Crippen LogP contribution in [0, 0.1) is 0 Å². The number of amides is 1. The van der Waals surface area contributed by atoms with Gasteiger partial charge in [-0.15, -0.1) is 12.4 Å². The molecule has 1 amide bonds. The number of hydrogen-bond donors (Lipinski definition) is 1. The molecule has 0 bridgehead atoms. The van der Waals surface area contributed by atoms with Crippen LogP contribution >= 0.6 is 12.4 Å². The summed E-state index contributed by atoms with van der Waals surface area (Å²) < 4.78 is 10.6. The van der Waals surface area contributed by atoms with Gasteiger partial charge in [0.05, 0.1) is 19.8 Å². The Hall–Kier alpha value is -2.24. The van der Waals surface area contributed by atoms with E-state index >= 15 is 0 Å². The first-order chi connectivity index (χ1) is 11.7. The first-order valence-electron chi connectivity index (χ1n) is 7.95. The predicted octanol–water partition coefficient (Wildman–Crippen LogP) is 3.12. The Labute approximate surface area is 155 Å². The van der Waals surface area contributed by atoms with Crippen LogP contribution in [0.15, 0.2) is 48.5 Å². The van der Waals surface area contributed by atoms with Crippen molar-refractivity contribution in [3.8, 4) is 11.5 Å². The zero-order valence-electron chi connectivity index (χ0n) is 14.6. The van der Waals surface area contributed by atoms with Gasteiger partial charge in [-0.1, -0.05) is 30.3 Å². The van der Waals surface area contributed by atoms with Crippen LogP contribution in [-0.2, 0) is 6.54 Å². The van der Waals surface area contributed by atoms with Gasteiger partial charge in [0.1, 0.15) is 11.5 Å². The lowest BCUT2D eigenvalue weighted by molar-refractivity contribution is 0.0739. The molecule has 0 aromatic heterocycles. The third-order valence-electron chi connectivity index (χ3n) is 3.77. The summed E-state index contributed by atoms with van der Waals surface area (Å²) in [6.45, 7) is 1.67. The maximum Gasteiger partial charge on any atom is 0.257 e. The molecule has 6 heteroatoms. The van der Waals surface area contributed by atoms with Crippen LogP contribution in [0.2, 0.25) is 0 Å². The Balaban J connectivity index is 0.00000312. The first-order valence-corrected chi connectivity index (χ1v) is 7.95. The molecule has 2 aromatic carbocycles. The van der Waals surface area contributed by atoms with Crippen LogP contribution in [0.1, 0.15) is 22.3 Å². The summed E-state index contributed by atoms with van der Waals surface area (Å²) >= 11 is 0. The molecule has 2 aromatic rings. The molecule has 2 N–H and O–H groups in total. The summed E-state index contributed by atoms with van der Waals surface area (Å²) in [4.78, 5) is 14.8. The van der Waals surface area contributed by atoms with Gasteiger partial charge in [-0.05, 0) is 30.7 Å². The maximum absolute atomic E-state index is 13.0. The lowest BCUT2D eigenvalue weighted by atomic mass is 10.1. The quantitative estimate of drug-likeness (QED) is 0.781. The van der Waals surface area contributed by atoms with Crippen LogP contribution in [0.3, 0.4) is 0 Å². The predicted molar refractivity (Wildman–Crippen MR) is 102 cm³/mol. The molecule has 2 rings (SSSR count).